The minimum absolute atomic E-state index is 0.0807. The standard InChI is InChI=1S/C22H24N2O5/c1-15-19(28-14-20(25)23-8-9-24-10-12-27-13-11-24)7-6-17-16-4-2-3-5-18(16)22(26)29-21(15)17/h2-7H,8-14H2,1H3,(H,23,25)/p+1. The molecule has 29 heavy (non-hydrogen) atoms. The summed E-state index contributed by atoms with van der Waals surface area (Å²) in [5.41, 5.74) is 0.815. The van der Waals surface area contributed by atoms with Gasteiger partial charge in [0.15, 0.2) is 6.61 Å². The molecule has 2 N–H and O–H groups in total. The number of benzene rings is 2. The Morgan fingerprint density at radius 2 is 1.86 bits per heavy atom. The largest absolute Gasteiger partial charge is 0.483 e. The molecule has 3 aromatic rings. The number of rotatable bonds is 6. The lowest BCUT2D eigenvalue weighted by atomic mass is 10.0. The van der Waals surface area contributed by atoms with Crippen LogP contribution in [0.4, 0.5) is 0 Å². The highest BCUT2D eigenvalue weighted by Gasteiger charge is 2.15. The molecule has 0 aliphatic carbocycles. The topological polar surface area (TPSA) is 82.2 Å². The molecule has 1 aliphatic rings. The molecule has 1 aliphatic heterocycles. The number of carbonyl (C=O) groups excluding carboxylic acids is 1. The Kier molecular flexibility index (Phi) is 5.78. The third kappa shape index (κ3) is 4.26. The second-order valence-corrected chi connectivity index (χ2v) is 7.25. The summed E-state index contributed by atoms with van der Waals surface area (Å²) in [6, 6.07) is 11.0. The van der Waals surface area contributed by atoms with Crippen LogP contribution in [0, 0.1) is 6.92 Å². The van der Waals surface area contributed by atoms with Crippen molar-refractivity contribution in [3.05, 3.63) is 52.4 Å². The molecule has 1 aromatic heterocycles. The summed E-state index contributed by atoms with van der Waals surface area (Å²) in [5, 5.41) is 5.14. The number of fused-ring (bicyclic) bond motifs is 3. The molecule has 0 bridgehead atoms. The van der Waals surface area contributed by atoms with Crippen LogP contribution in [-0.2, 0) is 9.53 Å². The van der Waals surface area contributed by atoms with E-state index in [0.717, 1.165) is 43.6 Å². The summed E-state index contributed by atoms with van der Waals surface area (Å²) >= 11 is 0. The number of carbonyl (C=O) groups is 1. The molecule has 0 spiro atoms. The van der Waals surface area contributed by atoms with E-state index in [-0.39, 0.29) is 18.1 Å². The minimum atomic E-state index is -0.378. The third-order valence-electron chi connectivity index (χ3n) is 5.35. The number of morpholine rings is 1. The highest BCUT2D eigenvalue weighted by Crippen LogP contribution is 2.30. The predicted molar refractivity (Wildman–Crippen MR) is 110 cm³/mol. The van der Waals surface area contributed by atoms with Crippen molar-refractivity contribution in [1.82, 2.24) is 5.32 Å². The van der Waals surface area contributed by atoms with Gasteiger partial charge in [0.25, 0.3) is 5.91 Å². The maximum atomic E-state index is 12.3. The fourth-order valence-corrected chi connectivity index (χ4v) is 3.70. The van der Waals surface area contributed by atoms with E-state index in [1.165, 1.54) is 4.90 Å². The molecule has 0 unspecified atom stereocenters. The van der Waals surface area contributed by atoms with E-state index in [9.17, 15) is 9.59 Å². The summed E-state index contributed by atoms with van der Waals surface area (Å²) < 4.78 is 16.6. The quantitative estimate of drug-likeness (QED) is 0.472. The molecule has 152 valence electrons. The number of amides is 1. The van der Waals surface area contributed by atoms with E-state index in [4.69, 9.17) is 13.9 Å². The molecular formula is C22H25N2O5+. The smallest absolute Gasteiger partial charge is 0.344 e. The Morgan fingerprint density at radius 3 is 2.66 bits per heavy atom. The first-order chi connectivity index (χ1) is 14.1. The van der Waals surface area contributed by atoms with Crippen LogP contribution < -0.4 is 20.6 Å². The number of ether oxygens (including phenoxy) is 2. The molecule has 0 radical (unpaired) electrons. The summed E-state index contributed by atoms with van der Waals surface area (Å²) in [4.78, 5) is 25.8. The molecule has 7 nitrogen and oxygen atoms in total. The molecule has 7 heteroatoms. The third-order valence-corrected chi connectivity index (χ3v) is 5.35. The van der Waals surface area contributed by atoms with Crippen LogP contribution in [0.3, 0.4) is 0 Å². The predicted octanol–water partition coefficient (Wildman–Crippen LogP) is 0.665. The van der Waals surface area contributed by atoms with Crippen LogP contribution in [0.2, 0.25) is 0 Å². The van der Waals surface area contributed by atoms with E-state index >= 15 is 0 Å². The number of quaternary nitrogens is 1. The lowest BCUT2D eigenvalue weighted by Crippen LogP contribution is -3.14. The van der Waals surface area contributed by atoms with Gasteiger partial charge in [0.05, 0.1) is 31.7 Å². The van der Waals surface area contributed by atoms with Gasteiger partial charge in [0.2, 0.25) is 0 Å². The number of hydrogen-bond acceptors (Lipinski definition) is 5. The Morgan fingerprint density at radius 1 is 1.10 bits per heavy atom. The van der Waals surface area contributed by atoms with Gasteiger partial charge >= 0.3 is 5.63 Å². The van der Waals surface area contributed by atoms with E-state index in [0.29, 0.717) is 28.8 Å². The molecule has 1 amide bonds. The van der Waals surface area contributed by atoms with Gasteiger partial charge in [-0.25, -0.2) is 4.79 Å². The molecule has 4 rings (SSSR count). The number of aryl methyl sites for hydroxylation is 1. The fourth-order valence-electron chi connectivity index (χ4n) is 3.70. The van der Waals surface area contributed by atoms with Gasteiger partial charge in [0, 0.05) is 10.9 Å². The van der Waals surface area contributed by atoms with Gasteiger partial charge in [-0.2, -0.15) is 0 Å². The number of hydrogen-bond donors (Lipinski definition) is 2. The summed E-state index contributed by atoms with van der Waals surface area (Å²) in [7, 11) is 0. The maximum Gasteiger partial charge on any atom is 0.344 e. The lowest BCUT2D eigenvalue weighted by molar-refractivity contribution is -0.906. The molecule has 2 aromatic carbocycles. The summed E-state index contributed by atoms with van der Waals surface area (Å²) in [6.45, 7) is 6.73. The molecule has 0 saturated carbocycles. The molecular weight excluding hydrogens is 372 g/mol. The first-order valence-corrected chi connectivity index (χ1v) is 9.89. The molecule has 1 saturated heterocycles. The highest BCUT2D eigenvalue weighted by molar-refractivity contribution is 6.05. The van der Waals surface area contributed by atoms with Crippen molar-refractivity contribution in [1.29, 1.82) is 0 Å². The van der Waals surface area contributed by atoms with E-state index in [1.807, 2.05) is 37.3 Å². The van der Waals surface area contributed by atoms with Gasteiger partial charge in [-0.1, -0.05) is 18.2 Å². The highest BCUT2D eigenvalue weighted by atomic mass is 16.5. The Balaban J connectivity index is 1.41. The van der Waals surface area contributed by atoms with Crippen LogP contribution in [0.1, 0.15) is 5.56 Å². The van der Waals surface area contributed by atoms with Crippen LogP contribution in [0.15, 0.2) is 45.6 Å². The zero-order chi connectivity index (χ0) is 20.2. The van der Waals surface area contributed by atoms with Gasteiger partial charge < -0.3 is 24.1 Å². The minimum Gasteiger partial charge on any atom is -0.483 e. The zero-order valence-electron chi connectivity index (χ0n) is 16.5. The zero-order valence-corrected chi connectivity index (χ0v) is 16.5. The molecule has 0 atom stereocenters. The van der Waals surface area contributed by atoms with E-state index < -0.39 is 0 Å². The Labute approximate surface area is 168 Å². The maximum absolute atomic E-state index is 12.3. The van der Waals surface area contributed by atoms with Crippen molar-refractivity contribution in [2.45, 2.75) is 6.92 Å². The fraction of sp³-hybridized carbons (Fsp3) is 0.364. The lowest BCUT2D eigenvalue weighted by Gasteiger charge is -2.23. The van der Waals surface area contributed by atoms with Crippen molar-refractivity contribution >= 4 is 27.6 Å². The normalized spacial score (nSPS) is 14.9. The van der Waals surface area contributed by atoms with E-state index in [1.54, 1.807) is 6.07 Å². The van der Waals surface area contributed by atoms with Gasteiger partial charge in [0.1, 0.15) is 24.4 Å². The monoisotopic (exact) mass is 397 g/mol. The van der Waals surface area contributed by atoms with Gasteiger partial charge in [-0.05, 0) is 30.5 Å². The first-order valence-electron chi connectivity index (χ1n) is 9.89. The Bertz CT molecular complexity index is 1090. The van der Waals surface area contributed by atoms with Crippen molar-refractivity contribution in [3.8, 4) is 5.75 Å². The van der Waals surface area contributed by atoms with Crippen molar-refractivity contribution in [3.63, 3.8) is 0 Å². The molecule has 2 heterocycles. The van der Waals surface area contributed by atoms with Crippen LogP contribution in [0.25, 0.3) is 21.7 Å². The van der Waals surface area contributed by atoms with Crippen molar-refractivity contribution in [2.75, 3.05) is 46.0 Å². The van der Waals surface area contributed by atoms with Crippen LogP contribution >= 0.6 is 0 Å². The van der Waals surface area contributed by atoms with Crippen LogP contribution in [0.5, 0.6) is 5.75 Å². The summed E-state index contributed by atoms with van der Waals surface area (Å²) in [6.07, 6.45) is 0. The van der Waals surface area contributed by atoms with Gasteiger partial charge in [-0.15, -0.1) is 0 Å². The molecule has 1 fully saturated rings. The second-order valence-electron chi connectivity index (χ2n) is 7.25. The SMILES string of the molecule is Cc1c(OCC(=O)NCC[NH+]2CCOCC2)ccc2c1oc(=O)c1ccccc12. The van der Waals surface area contributed by atoms with E-state index in [2.05, 4.69) is 5.32 Å². The van der Waals surface area contributed by atoms with Gasteiger partial charge in [-0.3, -0.25) is 4.79 Å². The number of nitrogens with one attached hydrogen (secondary N) is 2. The van der Waals surface area contributed by atoms with Crippen molar-refractivity contribution < 1.29 is 23.6 Å². The van der Waals surface area contributed by atoms with Crippen molar-refractivity contribution in [2.24, 2.45) is 0 Å². The summed E-state index contributed by atoms with van der Waals surface area (Å²) in [5.74, 6) is 0.363. The van der Waals surface area contributed by atoms with Crippen LogP contribution in [-0.4, -0.2) is 51.9 Å². The second kappa shape index (κ2) is 8.63. The average Bonchev–Trinajstić information content (AvgIpc) is 2.75. The first kappa shape index (κ1) is 19.4. The average molecular weight is 397 g/mol. The Hall–Kier alpha value is -2.90.